The zero-order valence-corrected chi connectivity index (χ0v) is 9.14. The predicted molar refractivity (Wildman–Crippen MR) is 62.1 cm³/mol. The summed E-state index contributed by atoms with van der Waals surface area (Å²) >= 11 is 4.65. The van der Waals surface area contributed by atoms with Gasteiger partial charge in [0.25, 0.3) is 5.91 Å². The van der Waals surface area contributed by atoms with Crippen LogP contribution in [0.5, 0.6) is 5.75 Å². The Balaban J connectivity index is 2.62. The van der Waals surface area contributed by atoms with Crippen LogP contribution in [0.4, 0.5) is 0 Å². The topological polar surface area (TPSA) is 64.3 Å². The molecule has 0 saturated heterocycles. The Kier molecular flexibility index (Phi) is 4.05. The third-order valence-corrected chi connectivity index (χ3v) is 1.92. The Morgan fingerprint density at radius 1 is 1.47 bits per heavy atom. The summed E-state index contributed by atoms with van der Waals surface area (Å²) in [4.78, 5) is 11.7. The normalized spacial score (nSPS) is 9.40. The fourth-order valence-corrected chi connectivity index (χ4v) is 1.08. The number of thiocarbonyl (C=S) groups is 1. The summed E-state index contributed by atoms with van der Waals surface area (Å²) in [6.07, 6.45) is 0. The summed E-state index contributed by atoms with van der Waals surface area (Å²) in [6.45, 7) is 0.209. The van der Waals surface area contributed by atoms with Gasteiger partial charge in [0.05, 0.1) is 18.6 Å². The fourth-order valence-electron chi connectivity index (χ4n) is 1.01. The van der Waals surface area contributed by atoms with E-state index in [1.165, 1.54) is 0 Å². The molecule has 0 fully saturated rings. The van der Waals surface area contributed by atoms with Crippen molar-refractivity contribution in [1.82, 2.24) is 5.32 Å². The smallest absolute Gasteiger partial charge is 0.251 e. The zero-order valence-electron chi connectivity index (χ0n) is 8.32. The van der Waals surface area contributed by atoms with Gasteiger partial charge in [0.2, 0.25) is 0 Å². The van der Waals surface area contributed by atoms with Crippen LogP contribution in [0, 0.1) is 0 Å². The average molecular weight is 224 g/mol. The highest BCUT2D eigenvalue weighted by atomic mass is 32.1. The number of hydrogen-bond donors (Lipinski definition) is 2. The van der Waals surface area contributed by atoms with E-state index in [1.54, 1.807) is 31.4 Å². The Labute approximate surface area is 93.4 Å². The van der Waals surface area contributed by atoms with Crippen LogP contribution in [0.15, 0.2) is 24.3 Å². The third-order valence-electron chi connectivity index (χ3n) is 1.78. The van der Waals surface area contributed by atoms with Gasteiger partial charge in [-0.25, -0.2) is 0 Å². The van der Waals surface area contributed by atoms with Gasteiger partial charge >= 0.3 is 0 Å². The summed E-state index contributed by atoms with van der Waals surface area (Å²) in [5, 5.41) is 2.59. The van der Waals surface area contributed by atoms with E-state index >= 15 is 0 Å². The molecule has 15 heavy (non-hydrogen) atoms. The molecule has 0 aliphatic rings. The summed E-state index contributed by atoms with van der Waals surface area (Å²) in [5.41, 5.74) is 5.81. The molecule has 4 nitrogen and oxygen atoms in total. The van der Waals surface area contributed by atoms with Crippen molar-refractivity contribution in [2.45, 2.75) is 0 Å². The van der Waals surface area contributed by atoms with Crippen molar-refractivity contribution in [3.05, 3.63) is 29.8 Å². The molecule has 0 radical (unpaired) electrons. The number of ether oxygens (including phenoxy) is 1. The maximum absolute atomic E-state index is 11.5. The summed E-state index contributed by atoms with van der Waals surface area (Å²) in [5.74, 6) is 0.506. The second kappa shape index (κ2) is 5.31. The fraction of sp³-hybridized carbons (Fsp3) is 0.200. The van der Waals surface area contributed by atoms with Gasteiger partial charge in [-0.2, -0.15) is 0 Å². The number of hydrogen-bond acceptors (Lipinski definition) is 3. The van der Waals surface area contributed by atoms with Gasteiger partial charge in [-0.05, 0) is 24.3 Å². The second-order valence-corrected chi connectivity index (χ2v) is 3.40. The van der Waals surface area contributed by atoms with Gasteiger partial charge in [-0.15, -0.1) is 0 Å². The molecule has 5 heteroatoms. The average Bonchev–Trinajstić information content (AvgIpc) is 2.26. The highest BCUT2D eigenvalue weighted by molar-refractivity contribution is 7.80. The van der Waals surface area contributed by atoms with E-state index in [4.69, 9.17) is 10.5 Å². The van der Waals surface area contributed by atoms with Gasteiger partial charge in [-0.1, -0.05) is 12.2 Å². The highest BCUT2D eigenvalue weighted by Gasteiger charge is 2.04. The number of carbonyl (C=O) groups excluding carboxylic acids is 1. The lowest BCUT2D eigenvalue weighted by atomic mass is 10.2. The van der Waals surface area contributed by atoms with Gasteiger partial charge in [0.15, 0.2) is 0 Å². The molecule has 0 saturated carbocycles. The standard InChI is InChI=1S/C10H12N2O2S/c1-14-8-4-2-7(3-5-8)10(13)12-6-9(11)15/h2-5H,6H2,1H3,(H2,11,15)(H,12,13). The summed E-state index contributed by atoms with van der Waals surface area (Å²) in [7, 11) is 1.57. The Morgan fingerprint density at radius 3 is 2.53 bits per heavy atom. The minimum absolute atomic E-state index is 0.203. The number of amides is 1. The molecule has 0 spiro atoms. The van der Waals surface area contributed by atoms with Gasteiger partial charge in [0.1, 0.15) is 5.75 Å². The van der Waals surface area contributed by atoms with Crippen molar-refractivity contribution >= 4 is 23.1 Å². The molecule has 0 bridgehead atoms. The largest absolute Gasteiger partial charge is 0.497 e. The molecule has 3 N–H and O–H groups in total. The quantitative estimate of drug-likeness (QED) is 0.739. The predicted octanol–water partition coefficient (Wildman–Crippen LogP) is 0.711. The highest BCUT2D eigenvalue weighted by Crippen LogP contribution is 2.10. The number of methoxy groups -OCH3 is 1. The number of nitrogens with two attached hydrogens (primary N) is 1. The molecule has 1 aromatic rings. The number of carbonyl (C=O) groups is 1. The maximum Gasteiger partial charge on any atom is 0.251 e. The lowest BCUT2D eigenvalue weighted by molar-refractivity contribution is 0.0959. The Morgan fingerprint density at radius 2 is 2.07 bits per heavy atom. The summed E-state index contributed by atoms with van der Waals surface area (Å²) in [6, 6.07) is 6.78. The number of nitrogens with one attached hydrogen (secondary N) is 1. The zero-order chi connectivity index (χ0) is 11.3. The van der Waals surface area contributed by atoms with Crippen molar-refractivity contribution in [3.8, 4) is 5.75 Å². The van der Waals surface area contributed by atoms with Crippen LogP contribution in [0.3, 0.4) is 0 Å². The minimum Gasteiger partial charge on any atom is -0.497 e. The first-order chi connectivity index (χ1) is 7.13. The second-order valence-electron chi connectivity index (χ2n) is 2.88. The molecule has 1 amide bonds. The monoisotopic (exact) mass is 224 g/mol. The minimum atomic E-state index is -0.203. The van der Waals surface area contributed by atoms with E-state index in [0.29, 0.717) is 11.3 Å². The molecular formula is C10H12N2O2S. The number of benzene rings is 1. The van der Waals surface area contributed by atoms with E-state index in [9.17, 15) is 4.79 Å². The van der Waals surface area contributed by atoms with Crippen molar-refractivity contribution < 1.29 is 9.53 Å². The van der Waals surface area contributed by atoms with Crippen LogP contribution in [0.25, 0.3) is 0 Å². The first-order valence-electron chi connectivity index (χ1n) is 4.34. The van der Waals surface area contributed by atoms with E-state index in [0.717, 1.165) is 0 Å². The first kappa shape index (κ1) is 11.5. The van der Waals surface area contributed by atoms with Gasteiger partial charge in [-0.3, -0.25) is 4.79 Å². The van der Waals surface area contributed by atoms with Crippen molar-refractivity contribution in [1.29, 1.82) is 0 Å². The van der Waals surface area contributed by atoms with Crippen molar-refractivity contribution in [3.63, 3.8) is 0 Å². The van der Waals surface area contributed by atoms with Crippen molar-refractivity contribution in [2.75, 3.05) is 13.7 Å². The Hall–Kier alpha value is -1.62. The SMILES string of the molecule is COc1ccc(C(=O)NCC(N)=S)cc1. The lowest BCUT2D eigenvalue weighted by Gasteiger charge is -2.04. The van der Waals surface area contributed by atoms with E-state index in [2.05, 4.69) is 17.5 Å². The molecule has 0 heterocycles. The summed E-state index contributed by atoms with van der Waals surface area (Å²) < 4.78 is 4.97. The molecule has 1 rings (SSSR count). The first-order valence-corrected chi connectivity index (χ1v) is 4.75. The molecule has 0 unspecified atom stereocenters. The number of rotatable bonds is 4. The van der Waals surface area contributed by atoms with Crippen LogP contribution >= 0.6 is 12.2 Å². The molecule has 1 aromatic carbocycles. The van der Waals surface area contributed by atoms with E-state index in [1.807, 2.05) is 0 Å². The van der Waals surface area contributed by atoms with Crippen molar-refractivity contribution in [2.24, 2.45) is 5.73 Å². The van der Waals surface area contributed by atoms with Crippen LogP contribution in [-0.2, 0) is 0 Å². The molecule has 0 aliphatic carbocycles. The third kappa shape index (κ3) is 3.55. The molecule has 0 atom stereocenters. The van der Waals surface area contributed by atoms with Crippen LogP contribution in [-0.4, -0.2) is 24.6 Å². The van der Waals surface area contributed by atoms with Crippen LogP contribution < -0.4 is 15.8 Å². The maximum atomic E-state index is 11.5. The van der Waals surface area contributed by atoms with Crippen LogP contribution in [0.1, 0.15) is 10.4 Å². The molecule has 0 aliphatic heterocycles. The van der Waals surface area contributed by atoms with Gasteiger partial charge < -0.3 is 15.8 Å². The van der Waals surface area contributed by atoms with E-state index < -0.39 is 0 Å². The molecule has 0 aromatic heterocycles. The lowest BCUT2D eigenvalue weighted by Crippen LogP contribution is -2.32. The molecular weight excluding hydrogens is 212 g/mol. The van der Waals surface area contributed by atoms with Gasteiger partial charge in [0, 0.05) is 5.56 Å². The van der Waals surface area contributed by atoms with Crippen LogP contribution in [0.2, 0.25) is 0 Å². The Bertz CT molecular complexity index is 362. The molecule has 80 valence electrons. The van der Waals surface area contributed by atoms with E-state index in [-0.39, 0.29) is 17.4 Å².